The van der Waals surface area contributed by atoms with Crippen molar-refractivity contribution in [2.45, 2.75) is 26.3 Å². The van der Waals surface area contributed by atoms with Crippen molar-refractivity contribution in [3.8, 4) is 0 Å². The number of anilines is 1. The second kappa shape index (κ2) is 7.87. The van der Waals surface area contributed by atoms with Gasteiger partial charge in [0.1, 0.15) is 0 Å². The van der Waals surface area contributed by atoms with E-state index >= 15 is 0 Å². The van der Waals surface area contributed by atoms with Gasteiger partial charge in [0.2, 0.25) is 6.41 Å². The molecule has 0 bridgehead atoms. The third kappa shape index (κ3) is 3.61. The van der Waals surface area contributed by atoms with E-state index < -0.39 is 5.97 Å². The quantitative estimate of drug-likeness (QED) is 0.621. The first kappa shape index (κ1) is 17.7. The fourth-order valence-electron chi connectivity index (χ4n) is 3.13. The van der Waals surface area contributed by atoms with Crippen molar-refractivity contribution in [2.75, 3.05) is 11.4 Å². The first-order valence-corrected chi connectivity index (χ1v) is 8.76. The number of hydrogen-bond acceptors (Lipinski definition) is 2. The van der Waals surface area contributed by atoms with E-state index in [1.165, 1.54) is 0 Å². The van der Waals surface area contributed by atoms with Crippen LogP contribution in [0.5, 0.6) is 0 Å². The van der Waals surface area contributed by atoms with Crippen molar-refractivity contribution in [3.05, 3.63) is 65.9 Å². The highest BCUT2D eigenvalue weighted by molar-refractivity contribution is 5.90. The molecule has 0 saturated heterocycles. The molecule has 0 spiro atoms. The highest BCUT2D eigenvalue weighted by atomic mass is 16.4. The van der Waals surface area contributed by atoms with Gasteiger partial charge in [-0.25, -0.2) is 4.79 Å². The van der Waals surface area contributed by atoms with Crippen LogP contribution in [0, 0.1) is 0 Å². The zero-order valence-corrected chi connectivity index (χ0v) is 14.8. The molecule has 0 unspecified atom stereocenters. The molecule has 0 saturated carbocycles. The van der Waals surface area contributed by atoms with Crippen molar-refractivity contribution in [1.29, 1.82) is 0 Å². The van der Waals surface area contributed by atoms with E-state index in [0.29, 0.717) is 18.7 Å². The molecule has 1 N–H and O–H groups in total. The molecule has 3 aromatic rings. The maximum absolute atomic E-state index is 11.4. The largest absolute Gasteiger partial charge is 0.478 e. The molecule has 5 heteroatoms. The van der Waals surface area contributed by atoms with Gasteiger partial charge in [0, 0.05) is 35.9 Å². The Hall–Kier alpha value is -3.08. The summed E-state index contributed by atoms with van der Waals surface area (Å²) in [5.74, 6) is -0.920. The Kier molecular flexibility index (Phi) is 5.37. The van der Waals surface area contributed by atoms with Gasteiger partial charge >= 0.3 is 5.97 Å². The summed E-state index contributed by atoms with van der Waals surface area (Å²) in [6.45, 7) is 3.29. The normalized spacial score (nSPS) is 10.8. The molecule has 3 rings (SSSR count). The smallest absolute Gasteiger partial charge is 0.336 e. The monoisotopic (exact) mass is 350 g/mol. The Morgan fingerprint density at radius 2 is 2.00 bits per heavy atom. The number of benzene rings is 2. The second-order valence-electron chi connectivity index (χ2n) is 6.30. The van der Waals surface area contributed by atoms with E-state index in [4.69, 9.17) is 0 Å². The standard InChI is InChI=1S/C21H22N2O3/c1-2-3-11-23(15-24)18-8-9-20-16(13-18)10-12-22(20)14-17-6-4-5-7-19(17)21(25)26/h4-10,12-13,15H,2-3,11,14H2,1H3,(H,25,26). The van der Waals surface area contributed by atoms with Gasteiger partial charge in [-0.1, -0.05) is 31.5 Å². The fraction of sp³-hybridized carbons (Fsp3) is 0.238. The molecule has 0 atom stereocenters. The number of unbranched alkanes of at least 4 members (excludes halogenated alkanes) is 1. The van der Waals surface area contributed by atoms with Crippen LogP contribution < -0.4 is 4.90 Å². The van der Waals surface area contributed by atoms with Crippen LogP contribution in [-0.4, -0.2) is 28.6 Å². The van der Waals surface area contributed by atoms with E-state index in [1.54, 1.807) is 17.0 Å². The predicted octanol–water partition coefficient (Wildman–Crippen LogP) is 4.15. The number of carboxylic acid groups (broad SMARTS) is 1. The van der Waals surface area contributed by atoms with Gasteiger partial charge in [0.05, 0.1) is 5.56 Å². The van der Waals surface area contributed by atoms with Crippen molar-refractivity contribution >= 4 is 29.0 Å². The first-order valence-electron chi connectivity index (χ1n) is 8.76. The zero-order valence-electron chi connectivity index (χ0n) is 14.8. The molecule has 5 nitrogen and oxygen atoms in total. The van der Waals surface area contributed by atoms with Crippen molar-refractivity contribution in [1.82, 2.24) is 4.57 Å². The van der Waals surface area contributed by atoms with Crippen LogP contribution in [0.1, 0.15) is 35.7 Å². The SMILES string of the molecule is CCCCN(C=O)c1ccc2c(ccn2Cc2ccccc2C(=O)O)c1. The molecule has 1 aromatic heterocycles. The van der Waals surface area contributed by atoms with Crippen LogP contribution in [0.2, 0.25) is 0 Å². The number of amides is 1. The van der Waals surface area contributed by atoms with Gasteiger partial charge in [-0.2, -0.15) is 0 Å². The summed E-state index contributed by atoms with van der Waals surface area (Å²) in [5, 5.41) is 10.4. The minimum Gasteiger partial charge on any atom is -0.478 e. The molecule has 1 amide bonds. The van der Waals surface area contributed by atoms with Crippen LogP contribution in [0.15, 0.2) is 54.7 Å². The zero-order chi connectivity index (χ0) is 18.5. The van der Waals surface area contributed by atoms with Gasteiger partial charge in [0.15, 0.2) is 0 Å². The third-order valence-electron chi connectivity index (χ3n) is 4.55. The number of carbonyl (C=O) groups excluding carboxylic acids is 1. The Balaban J connectivity index is 1.90. The number of aromatic carboxylic acids is 1. The van der Waals surface area contributed by atoms with Gasteiger partial charge in [-0.15, -0.1) is 0 Å². The molecule has 0 aliphatic carbocycles. The Morgan fingerprint density at radius 3 is 2.73 bits per heavy atom. The van der Waals surface area contributed by atoms with E-state index in [9.17, 15) is 14.7 Å². The van der Waals surface area contributed by atoms with Crippen LogP contribution in [-0.2, 0) is 11.3 Å². The fourth-order valence-corrected chi connectivity index (χ4v) is 3.13. The maximum atomic E-state index is 11.4. The van der Waals surface area contributed by atoms with Gasteiger partial charge in [-0.05, 0) is 42.3 Å². The van der Waals surface area contributed by atoms with E-state index in [0.717, 1.165) is 41.4 Å². The van der Waals surface area contributed by atoms with Crippen LogP contribution in [0.4, 0.5) is 5.69 Å². The summed E-state index contributed by atoms with van der Waals surface area (Å²) in [6, 6.07) is 14.9. The number of carbonyl (C=O) groups is 2. The van der Waals surface area contributed by atoms with Gasteiger partial charge in [-0.3, -0.25) is 4.79 Å². The van der Waals surface area contributed by atoms with Crippen molar-refractivity contribution in [2.24, 2.45) is 0 Å². The molecular formula is C21H22N2O3. The lowest BCUT2D eigenvalue weighted by Crippen LogP contribution is -2.22. The predicted molar refractivity (Wildman–Crippen MR) is 103 cm³/mol. The molecule has 134 valence electrons. The number of nitrogens with zero attached hydrogens (tertiary/aromatic N) is 2. The van der Waals surface area contributed by atoms with Crippen LogP contribution in [0.25, 0.3) is 10.9 Å². The molecule has 0 fully saturated rings. The summed E-state index contributed by atoms with van der Waals surface area (Å²) < 4.78 is 2.03. The number of rotatable bonds is 8. The van der Waals surface area contributed by atoms with Crippen LogP contribution in [0.3, 0.4) is 0 Å². The molecule has 0 aliphatic heterocycles. The molecule has 26 heavy (non-hydrogen) atoms. The molecule has 2 aromatic carbocycles. The number of hydrogen-bond donors (Lipinski definition) is 1. The van der Waals surface area contributed by atoms with Gasteiger partial charge in [0.25, 0.3) is 0 Å². The molecule has 1 heterocycles. The minimum atomic E-state index is -0.920. The average molecular weight is 350 g/mol. The second-order valence-corrected chi connectivity index (χ2v) is 6.30. The van der Waals surface area contributed by atoms with E-state index in [-0.39, 0.29) is 0 Å². The van der Waals surface area contributed by atoms with E-state index in [2.05, 4.69) is 6.92 Å². The summed E-state index contributed by atoms with van der Waals surface area (Å²) in [4.78, 5) is 24.5. The van der Waals surface area contributed by atoms with Crippen molar-refractivity contribution < 1.29 is 14.7 Å². The summed E-state index contributed by atoms with van der Waals surface area (Å²) in [5.41, 5.74) is 2.97. The number of carboxylic acids is 1. The van der Waals surface area contributed by atoms with E-state index in [1.807, 2.05) is 47.2 Å². The Morgan fingerprint density at radius 1 is 1.19 bits per heavy atom. The third-order valence-corrected chi connectivity index (χ3v) is 4.55. The topological polar surface area (TPSA) is 62.5 Å². The highest BCUT2D eigenvalue weighted by Gasteiger charge is 2.12. The molecular weight excluding hydrogens is 328 g/mol. The maximum Gasteiger partial charge on any atom is 0.336 e. The Labute approximate surface area is 152 Å². The van der Waals surface area contributed by atoms with Crippen molar-refractivity contribution in [3.63, 3.8) is 0 Å². The lowest BCUT2D eigenvalue weighted by atomic mass is 10.1. The molecule has 0 radical (unpaired) electrons. The lowest BCUT2D eigenvalue weighted by molar-refractivity contribution is -0.107. The number of aromatic nitrogens is 1. The summed E-state index contributed by atoms with van der Waals surface area (Å²) in [6.07, 6.45) is 4.82. The van der Waals surface area contributed by atoms with Gasteiger partial charge < -0.3 is 14.6 Å². The lowest BCUT2D eigenvalue weighted by Gasteiger charge is -2.17. The summed E-state index contributed by atoms with van der Waals surface area (Å²) in [7, 11) is 0. The number of fused-ring (bicyclic) bond motifs is 1. The Bertz CT molecular complexity index is 930. The van der Waals surface area contributed by atoms with Crippen LogP contribution >= 0.6 is 0 Å². The minimum absolute atomic E-state index is 0.317. The highest BCUT2D eigenvalue weighted by Crippen LogP contribution is 2.24. The first-order chi connectivity index (χ1) is 12.6. The summed E-state index contributed by atoms with van der Waals surface area (Å²) >= 11 is 0. The average Bonchev–Trinajstić information content (AvgIpc) is 3.05. The molecule has 0 aliphatic rings.